The molecule has 0 unspecified atom stereocenters. The maximum absolute atomic E-state index is 4.48. The van der Waals surface area contributed by atoms with Crippen molar-refractivity contribution < 1.29 is 0 Å². The van der Waals surface area contributed by atoms with Crippen LogP contribution in [0.3, 0.4) is 0 Å². The van der Waals surface area contributed by atoms with Gasteiger partial charge in [-0.05, 0) is 30.9 Å². The number of hydrogen-bond donors (Lipinski definition) is 1. The lowest BCUT2D eigenvalue weighted by molar-refractivity contribution is 0.683. The Balaban J connectivity index is 1.77. The maximum atomic E-state index is 4.48. The second-order valence-electron chi connectivity index (χ2n) is 4.96. The highest BCUT2D eigenvalue weighted by atomic mass is 15.0. The van der Waals surface area contributed by atoms with Gasteiger partial charge in [-0.25, -0.2) is 9.97 Å². The highest BCUT2D eigenvalue weighted by Gasteiger charge is 2.20. The maximum Gasteiger partial charge on any atom is 0.159 e. The molecule has 0 aromatic carbocycles. The number of pyridine rings is 1. The molecule has 1 aliphatic rings. The van der Waals surface area contributed by atoms with Crippen LogP contribution in [0.25, 0.3) is 11.4 Å². The molecule has 1 fully saturated rings. The third kappa shape index (κ3) is 2.96. The fourth-order valence-electron chi connectivity index (χ4n) is 2.06. The zero-order valence-corrected chi connectivity index (χ0v) is 11.1. The van der Waals surface area contributed by atoms with Crippen LogP contribution in [0.1, 0.15) is 30.9 Å². The SMILES string of the molecule is CCc1cnccc1-c1ncc(CNC2CC2)cn1. The lowest BCUT2D eigenvalue weighted by Gasteiger charge is -2.07. The van der Waals surface area contributed by atoms with Gasteiger partial charge in [-0.1, -0.05) is 6.92 Å². The molecule has 2 aromatic rings. The Labute approximate surface area is 113 Å². The molecule has 2 aromatic heterocycles. The number of hydrogen-bond acceptors (Lipinski definition) is 4. The standard InChI is InChI=1S/C15H18N4/c1-2-12-10-16-6-5-14(12)15-18-8-11(9-19-15)7-17-13-3-4-13/h5-6,8-10,13,17H,2-4,7H2,1H3. The molecule has 98 valence electrons. The van der Waals surface area contributed by atoms with Crippen LogP contribution in [0.5, 0.6) is 0 Å². The molecule has 3 rings (SSSR count). The quantitative estimate of drug-likeness (QED) is 0.890. The van der Waals surface area contributed by atoms with Gasteiger partial charge in [-0.15, -0.1) is 0 Å². The number of nitrogens with zero attached hydrogens (tertiary/aromatic N) is 3. The third-order valence-corrected chi connectivity index (χ3v) is 3.40. The second kappa shape index (κ2) is 5.45. The smallest absolute Gasteiger partial charge is 0.159 e. The zero-order valence-electron chi connectivity index (χ0n) is 11.1. The molecule has 0 atom stereocenters. The molecule has 1 N–H and O–H groups in total. The summed E-state index contributed by atoms with van der Waals surface area (Å²) < 4.78 is 0. The topological polar surface area (TPSA) is 50.7 Å². The summed E-state index contributed by atoms with van der Waals surface area (Å²) in [5.41, 5.74) is 3.41. The van der Waals surface area contributed by atoms with Crippen LogP contribution in [0, 0.1) is 0 Å². The van der Waals surface area contributed by atoms with Crippen LogP contribution in [0.4, 0.5) is 0 Å². The predicted molar refractivity (Wildman–Crippen MR) is 74.5 cm³/mol. The van der Waals surface area contributed by atoms with E-state index in [1.54, 1.807) is 6.20 Å². The van der Waals surface area contributed by atoms with Crippen molar-refractivity contribution in [2.45, 2.75) is 38.8 Å². The van der Waals surface area contributed by atoms with Gasteiger partial charge < -0.3 is 5.32 Å². The number of nitrogens with one attached hydrogen (secondary N) is 1. The van der Waals surface area contributed by atoms with Gasteiger partial charge in [0.25, 0.3) is 0 Å². The summed E-state index contributed by atoms with van der Waals surface area (Å²) in [6, 6.07) is 2.70. The fraction of sp³-hybridized carbons (Fsp3) is 0.400. The van der Waals surface area contributed by atoms with Gasteiger partial charge in [-0.2, -0.15) is 0 Å². The largest absolute Gasteiger partial charge is 0.310 e. The Morgan fingerprint density at radius 2 is 2.00 bits per heavy atom. The van der Waals surface area contributed by atoms with E-state index in [-0.39, 0.29) is 0 Å². The van der Waals surface area contributed by atoms with Gasteiger partial charge in [0.2, 0.25) is 0 Å². The molecule has 4 nitrogen and oxygen atoms in total. The first-order valence-corrected chi connectivity index (χ1v) is 6.84. The summed E-state index contributed by atoms with van der Waals surface area (Å²) in [7, 11) is 0. The summed E-state index contributed by atoms with van der Waals surface area (Å²) in [4.78, 5) is 13.1. The monoisotopic (exact) mass is 254 g/mol. The minimum absolute atomic E-state index is 0.714. The van der Waals surface area contributed by atoms with Crippen molar-refractivity contribution in [3.05, 3.63) is 42.0 Å². The van der Waals surface area contributed by atoms with Crippen molar-refractivity contribution in [2.75, 3.05) is 0 Å². The van der Waals surface area contributed by atoms with E-state index in [1.807, 2.05) is 24.7 Å². The van der Waals surface area contributed by atoms with Gasteiger partial charge in [0.1, 0.15) is 0 Å². The molecule has 0 aliphatic heterocycles. The van der Waals surface area contributed by atoms with Crippen molar-refractivity contribution >= 4 is 0 Å². The van der Waals surface area contributed by atoms with E-state index in [9.17, 15) is 0 Å². The highest BCUT2D eigenvalue weighted by molar-refractivity contribution is 5.58. The number of rotatable bonds is 5. The van der Waals surface area contributed by atoms with Gasteiger partial charge >= 0.3 is 0 Å². The minimum atomic E-state index is 0.714. The third-order valence-electron chi connectivity index (χ3n) is 3.40. The van der Waals surface area contributed by atoms with Gasteiger partial charge in [0.15, 0.2) is 5.82 Å². The molecule has 0 radical (unpaired) electrons. The van der Waals surface area contributed by atoms with Crippen LogP contribution in [-0.2, 0) is 13.0 Å². The van der Waals surface area contributed by atoms with Crippen LogP contribution in [0.15, 0.2) is 30.9 Å². The molecule has 0 amide bonds. The fourth-order valence-corrected chi connectivity index (χ4v) is 2.06. The molecule has 4 heteroatoms. The molecule has 1 aliphatic carbocycles. The molecule has 0 bridgehead atoms. The van der Waals surface area contributed by atoms with E-state index in [0.717, 1.165) is 29.9 Å². The summed E-state index contributed by atoms with van der Waals surface area (Å²) in [5, 5.41) is 3.46. The predicted octanol–water partition coefficient (Wildman–Crippen LogP) is 2.35. The van der Waals surface area contributed by atoms with Crippen LogP contribution >= 0.6 is 0 Å². The minimum Gasteiger partial charge on any atom is -0.310 e. The molecule has 2 heterocycles. The average Bonchev–Trinajstić information content (AvgIpc) is 3.30. The molecule has 19 heavy (non-hydrogen) atoms. The van der Waals surface area contributed by atoms with Crippen LogP contribution < -0.4 is 5.32 Å². The first-order chi connectivity index (χ1) is 9.36. The Hall–Kier alpha value is -1.81. The first-order valence-electron chi connectivity index (χ1n) is 6.84. The molecule has 1 saturated carbocycles. The Bertz CT molecular complexity index is 546. The first kappa shape index (κ1) is 12.2. The summed E-state index contributed by atoms with van der Waals surface area (Å²) in [6.45, 7) is 2.98. The molecule has 0 saturated heterocycles. The normalized spacial score (nSPS) is 14.6. The van der Waals surface area contributed by atoms with E-state index >= 15 is 0 Å². The Morgan fingerprint density at radius 1 is 1.21 bits per heavy atom. The van der Waals surface area contributed by atoms with Crippen molar-refractivity contribution in [3.63, 3.8) is 0 Å². The van der Waals surface area contributed by atoms with Gasteiger partial charge in [-0.3, -0.25) is 4.98 Å². The summed E-state index contributed by atoms with van der Waals surface area (Å²) >= 11 is 0. The Kier molecular flexibility index (Phi) is 3.51. The van der Waals surface area contributed by atoms with E-state index in [0.29, 0.717) is 6.04 Å². The van der Waals surface area contributed by atoms with Crippen LogP contribution in [0.2, 0.25) is 0 Å². The number of aromatic nitrogens is 3. The van der Waals surface area contributed by atoms with E-state index in [2.05, 4.69) is 27.2 Å². The van der Waals surface area contributed by atoms with E-state index in [4.69, 9.17) is 0 Å². The summed E-state index contributed by atoms with van der Waals surface area (Å²) in [6.07, 6.45) is 11.1. The lowest BCUT2D eigenvalue weighted by atomic mass is 10.1. The van der Waals surface area contributed by atoms with Crippen molar-refractivity contribution in [3.8, 4) is 11.4 Å². The van der Waals surface area contributed by atoms with E-state index in [1.165, 1.54) is 18.4 Å². The Morgan fingerprint density at radius 3 is 2.68 bits per heavy atom. The lowest BCUT2D eigenvalue weighted by Crippen LogP contribution is -2.15. The molecule has 0 spiro atoms. The van der Waals surface area contributed by atoms with E-state index < -0.39 is 0 Å². The van der Waals surface area contributed by atoms with Crippen molar-refractivity contribution in [2.24, 2.45) is 0 Å². The van der Waals surface area contributed by atoms with Gasteiger partial charge in [0, 0.05) is 48.5 Å². The molecular weight excluding hydrogens is 236 g/mol. The van der Waals surface area contributed by atoms with Crippen molar-refractivity contribution in [1.29, 1.82) is 0 Å². The average molecular weight is 254 g/mol. The zero-order chi connectivity index (χ0) is 13.1. The second-order valence-corrected chi connectivity index (χ2v) is 4.96. The van der Waals surface area contributed by atoms with Crippen molar-refractivity contribution in [1.82, 2.24) is 20.3 Å². The highest BCUT2D eigenvalue weighted by Crippen LogP contribution is 2.20. The molecular formula is C15H18N4. The number of aryl methyl sites for hydroxylation is 1. The van der Waals surface area contributed by atoms with Crippen LogP contribution in [-0.4, -0.2) is 21.0 Å². The van der Waals surface area contributed by atoms with Gasteiger partial charge in [0.05, 0.1) is 0 Å². The summed E-state index contributed by atoms with van der Waals surface area (Å²) in [5.74, 6) is 0.787.